The fourth-order valence-electron chi connectivity index (χ4n) is 2.02. The molecule has 0 unspecified atom stereocenters. The predicted octanol–water partition coefficient (Wildman–Crippen LogP) is 5.27. The van der Waals surface area contributed by atoms with Crippen molar-refractivity contribution >= 4 is 34.3 Å². The molecule has 128 valence electrons. The lowest BCUT2D eigenvalue weighted by Crippen LogP contribution is -1.98. The molecule has 0 aliphatic heterocycles. The number of benzene rings is 2. The molecule has 0 saturated heterocycles. The van der Waals surface area contributed by atoms with Crippen molar-refractivity contribution < 1.29 is 9.13 Å². The second kappa shape index (κ2) is 8.09. The van der Waals surface area contributed by atoms with Gasteiger partial charge in [0.1, 0.15) is 18.2 Å². The first-order valence-corrected chi connectivity index (χ1v) is 8.74. The maximum Gasteiger partial charge on any atom is 0.203 e. The molecule has 1 N–H and O–H groups in total. The molecule has 2 aromatic carbocycles. The second-order valence-corrected chi connectivity index (χ2v) is 6.55. The first-order chi connectivity index (χ1) is 12.1. The van der Waals surface area contributed by atoms with Crippen molar-refractivity contribution in [2.45, 2.75) is 13.5 Å². The number of hydrogen-bond acceptors (Lipinski definition) is 5. The highest BCUT2D eigenvalue weighted by molar-refractivity contribution is 7.13. The van der Waals surface area contributed by atoms with E-state index < -0.39 is 0 Å². The van der Waals surface area contributed by atoms with Crippen molar-refractivity contribution in [2.75, 3.05) is 5.43 Å². The highest BCUT2D eigenvalue weighted by atomic mass is 35.5. The number of thiazole rings is 1. The van der Waals surface area contributed by atoms with Crippen LogP contribution in [0.2, 0.25) is 5.02 Å². The zero-order chi connectivity index (χ0) is 17.6. The Hall–Kier alpha value is -2.44. The molecule has 0 aliphatic carbocycles. The normalized spacial score (nSPS) is 11.0. The minimum Gasteiger partial charge on any atom is -0.489 e. The van der Waals surface area contributed by atoms with E-state index in [0.29, 0.717) is 16.3 Å². The van der Waals surface area contributed by atoms with Gasteiger partial charge in [0.25, 0.3) is 0 Å². The number of anilines is 1. The molecular weight excluding hydrogens is 361 g/mol. The maximum absolute atomic E-state index is 13.7. The first-order valence-electron chi connectivity index (χ1n) is 7.48. The summed E-state index contributed by atoms with van der Waals surface area (Å²) in [4.78, 5) is 4.26. The molecule has 0 amide bonds. The summed E-state index contributed by atoms with van der Waals surface area (Å²) in [5, 5.41) is 7.21. The SMILES string of the molecule is Cc1csc(NN=Cc2ccc(OCc3ccc(Cl)cc3F)cc2)n1. The van der Waals surface area contributed by atoms with Gasteiger partial charge < -0.3 is 4.74 Å². The molecule has 1 aromatic heterocycles. The Kier molecular flexibility index (Phi) is 5.63. The summed E-state index contributed by atoms with van der Waals surface area (Å²) in [5.41, 5.74) is 5.20. The van der Waals surface area contributed by atoms with E-state index in [2.05, 4.69) is 15.5 Å². The number of nitrogens with zero attached hydrogens (tertiary/aromatic N) is 2. The van der Waals surface area contributed by atoms with E-state index in [1.54, 1.807) is 18.3 Å². The molecule has 0 saturated carbocycles. The minimum absolute atomic E-state index is 0.140. The molecule has 0 fully saturated rings. The number of halogens is 2. The summed E-state index contributed by atoms with van der Waals surface area (Å²) in [7, 11) is 0. The van der Waals surface area contributed by atoms with Gasteiger partial charge in [0, 0.05) is 16.0 Å². The molecule has 0 aliphatic rings. The van der Waals surface area contributed by atoms with Crippen LogP contribution < -0.4 is 10.2 Å². The van der Waals surface area contributed by atoms with Gasteiger partial charge in [0.05, 0.1) is 11.9 Å². The molecule has 0 spiro atoms. The molecule has 4 nitrogen and oxygen atoms in total. The summed E-state index contributed by atoms with van der Waals surface area (Å²) < 4.78 is 19.3. The van der Waals surface area contributed by atoms with Gasteiger partial charge in [-0.15, -0.1) is 11.3 Å². The van der Waals surface area contributed by atoms with Crippen LogP contribution >= 0.6 is 22.9 Å². The zero-order valence-corrected chi connectivity index (χ0v) is 14.9. The molecule has 0 radical (unpaired) electrons. The predicted molar refractivity (Wildman–Crippen MR) is 100 cm³/mol. The van der Waals surface area contributed by atoms with Gasteiger partial charge >= 0.3 is 0 Å². The van der Waals surface area contributed by atoms with E-state index >= 15 is 0 Å². The first kappa shape index (κ1) is 17.4. The Morgan fingerprint density at radius 1 is 1.28 bits per heavy atom. The Balaban J connectivity index is 1.54. The lowest BCUT2D eigenvalue weighted by Gasteiger charge is -2.07. The molecule has 7 heteroatoms. The van der Waals surface area contributed by atoms with Crippen molar-refractivity contribution in [1.82, 2.24) is 4.98 Å². The van der Waals surface area contributed by atoms with E-state index in [-0.39, 0.29) is 12.4 Å². The third-order valence-corrected chi connectivity index (χ3v) is 4.38. The number of nitrogens with one attached hydrogen (secondary N) is 1. The smallest absolute Gasteiger partial charge is 0.203 e. The van der Waals surface area contributed by atoms with Gasteiger partial charge in [0.15, 0.2) is 0 Å². The van der Waals surface area contributed by atoms with Crippen LogP contribution in [0.25, 0.3) is 0 Å². The van der Waals surface area contributed by atoms with Crippen molar-refractivity contribution in [1.29, 1.82) is 0 Å². The fourth-order valence-corrected chi connectivity index (χ4v) is 2.81. The summed E-state index contributed by atoms with van der Waals surface area (Å²) in [5.74, 6) is 0.273. The number of ether oxygens (including phenoxy) is 1. The quantitative estimate of drug-likeness (QED) is 0.471. The summed E-state index contributed by atoms with van der Waals surface area (Å²) in [6.45, 7) is 2.07. The average Bonchev–Trinajstić information content (AvgIpc) is 3.01. The van der Waals surface area contributed by atoms with E-state index in [0.717, 1.165) is 16.4 Å². The van der Waals surface area contributed by atoms with E-state index in [1.165, 1.54) is 17.4 Å². The zero-order valence-electron chi connectivity index (χ0n) is 13.4. The maximum atomic E-state index is 13.7. The Morgan fingerprint density at radius 3 is 2.76 bits per heavy atom. The van der Waals surface area contributed by atoms with Crippen LogP contribution in [0, 0.1) is 12.7 Å². The van der Waals surface area contributed by atoms with Crippen LogP contribution in [-0.4, -0.2) is 11.2 Å². The lowest BCUT2D eigenvalue weighted by atomic mass is 10.2. The highest BCUT2D eigenvalue weighted by Crippen LogP contribution is 2.18. The second-order valence-electron chi connectivity index (χ2n) is 5.26. The number of rotatable bonds is 6. The van der Waals surface area contributed by atoms with Crippen LogP contribution in [0.1, 0.15) is 16.8 Å². The number of hydrogen-bond donors (Lipinski definition) is 1. The summed E-state index contributed by atoms with van der Waals surface area (Å²) in [6, 6.07) is 11.9. The van der Waals surface area contributed by atoms with Gasteiger partial charge in [-0.2, -0.15) is 5.10 Å². The highest BCUT2D eigenvalue weighted by Gasteiger charge is 2.04. The topological polar surface area (TPSA) is 46.5 Å². The number of aromatic nitrogens is 1. The Labute approximate surface area is 153 Å². The van der Waals surface area contributed by atoms with Crippen molar-refractivity contribution in [3.8, 4) is 5.75 Å². The Bertz CT molecular complexity index is 880. The summed E-state index contributed by atoms with van der Waals surface area (Å²) in [6.07, 6.45) is 1.69. The van der Waals surface area contributed by atoms with Crippen LogP contribution in [-0.2, 0) is 6.61 Å². The molecule has 3 aromatic rings. The standard InChI is InChI=1S/C18H15ClFN3OS/c1-12-11-25-18(22-12)23-21-9-13-2-6-16(7-3-13)24-10-14-4-5-15(19)8-17(14)20/h2-9,11H,10H2,1H3,(H,22,23). The van der Waals surface area contributed by atoms with Crippen molar-refractivity contribution in [3.63, 3.8) is 0 Å². The summed E-state index contributed by atoms with van der Waals surface area (Å²) >= 11 is 7.23. The molecule has 3 rings (SSSR count). The monoisotopic (exact) mass is 375 g/mol. The van der Waals surface area contributed by atoms with Crippen LogP contribution in [0.15, 0.2) is 52.9 Å². The molecular formula is C18H15ClFN3OS. The van der Waals surface area contributed by atoms with Gasteiger partial charge in [-0.3, -0.25) is 5.43 Å². The van der Waals surface area contributed by atoms with Crippen LogP contribution in [0.5, 0.6) is 5.75 Å². The largest absolute Gasteiger partial charge is 0.489 e. The Morgan fingerprint density at radius 2 is 2.08 bits per heavy atom. The molecule has 0 bridgehead atoms. The van der Waals surface area contributed by atoms with Gasteiger partial charge in [0.2, 0.25) is 5.13 Å². The van der Waals surface area contributed by atoms with Gasteiger partial charge in [-0.1, -0.05) is 17.7 Å². The van der Waals surface area contributed by atoms with Gasteiger partial charge in [-0.05, 0) is 48.9 Å². The molecule has 25 heavy (non-hydrogen) atoms. The van der Waals surface area contributed by atoms with E-state index in [9.17, 15) is 4.39 Å². The van der Waals surface area contributed by atoms with E-state index in [1.807, 2.05) is 36.6 Å². The average molecular weight is 376 g/mol. The third kappa shape index (κ3) is 5.01. The third-order valence-electron chi connectivity index (χ3n) is 3.28. The van der Waals surface area contributed by atoms with Crippen molar-refractivity contribution in [3.05, 3.63) is 75.5 Å². The molecule has 1 heterocycles. The number of hydrazone groups is 1. The molecule has 0 atom stereocenters. The van der Waals surface area contributed by atoms with Crippen molar-refractivity contribution in [2.24, 2.45) is 5.10 Å². The van der Waals surface area contributed by atoms with E-state index in [4.69, 9.17) is 16.3 Å². The van der Waals surface area contributed by atoms with Crippen LogP contribution in [0.3, 0.4) is 0 Å². The van der Waals surface area contributed by atoms with Gasteiger partial charge in [-0.25, -0.2) is 9.37 Å². The fraction of sp³-hybridized carbons (Fsp3) is 0.111. The number of aryl methyl sites for hydroxylation is 1. The lowest BCUT2D eigenvalue weighted by molar-refractivity contribution is 0.300. The van der Waals surface area contributed by atoms with Crippen LogP contribution in [0.4, 0.5) is 9.52 Å². The minimum atomic E-state index is -0.375.